The zero-order chi connectivity index (χ0) is 47.3. The number of nitrogens with zero attached hydrogens (tertiary/aromatic N) is 4. The predicted octanol–water partition coefficient (Wildman–Crippen LogP) is 18.0. The van der Waals surface area contributed by atoms with E-state index in [0.29, 0.717) is 5.82 Å². The van der Waals surface area contributed by atoms with E-state index in [4.69, 9.17) is 9.97 Å². The molecule has 0 N–H and O–H groups in total. The Morgan fingerprint density at radius 1 is 0.264 bits per heavy atom. The van der Waals surface area contributed by atoms with Gasteiger partial charge in [0, 0.05) is 43.4 Å². The summed E-state index contributed by atoms with van der Waals surface area (Å²) in [5.74, 6) is 0.687. The van der Waals surface area contributed by atoms with E-state index < -0.39 is 0 Å². The van der Waals surface area contributed by atoms with E-state index in [-0.39, 0.29) is 0 Å². The number of fused-ring (bicyclic) bond motifs is 11. The van der Waals surface area contributed by atoms with Crippen LogP contribution in [-0.2, 0) is 0 Å². The first-order chi connectivity index (χ1) is 35.7. The van der Waals surface area contributed by atoms with Gasteiger partial charge in [0.25, 0.3) is 0 Å². The molecule has 0 radical (unpaired) electrons. The third-order valence-electron chi connectivity index (χ3n) is 14.8. The topological polar surface area (TPSA) is 35.6 Å². The van der Waals surface area contributed by atoms with Crippen LogP contribution in [0.4, 0.5) is 0 Å². The van der Waals surface area contributed by atoms with Crippen molar-refractivity contribution in [3.63, 3.8) is 0 Å². The molecule has 72 heavy (non-hydrogen) atoms. The van der Waals surface area contributed by atoms with Crippen molar-refractivity contribution >= 4 is 86.8 Å². The van der Waals surface area contributed by atoms with Gasteiger partial charge in [-0.2, -0.15) is 0 Å². The standard InChI is InChI=1S/C68H42N4/c1-3-18-43(19-4-1)48-38-49(44-20-5-2-6-21-44)40-50(39-48)67-55-26-11-13-31-58(55)69-68(70-67)54-30-15-29-53-52(54)28-16-33-59(53)72-62-35-17-34-61(66(62)57-41-46-23-7-8-24-47(46)42-64(57)72)71-60-32-14-12-27-56(60)65-51-25-10-9-22-45(51)36-37-63(65)71/h1-42H. The maximum atomic E-state index is 5.58. The van der Waals surface area contributed by atoms with Crippen LogP contribution in [0.5, 0.6) is 0 Å². The minimum atomic E-state index is 0.687. The van der Waals surface area contributed by atoms with Gasteiger partial charge < -0.3 is 9.13 Å². The number of hydrogen-bond donors (Lipinski definition) is 0. The lowest BCUT2D eigenvalue weighted by molar-refractivity contribution is 1.18. The molecule has 0 bridgehead atoms. The molecule has 0 fully saturated rings. The molecule has 0 aliphatic rings. The number of para-hydroxylation sites is 2. The second-order valence-electron chi connectivity index (χ2n) is 18.9. The van der Waals surface area contributed by atoms with E-state index in [1.165, 1.54) is 54.1 Å². The Hall–Kier alpha value is -9.64. The molecule has 0 amide bonds. The largest absolute Gasteiger partial charge is 0.309 e. The fraction of sp³-hybridized carbons (Fsp3) is 0. The molecule has 15 aromatic rings. The first-order valence-electron chi connectivity index (χ1n) is 24.6. The molecular formula is C68H42N4. The van der Waals surface area contributed by atoms with E-state index in [9.17, 15) is 0 Å². The highest BCUT2D eigenvalue weighted by molar-refractivity contribution is 6.24. The van der Waals surface area contributed by atoms with Crippen LogP contribution in [0.3, 0.4) is 0 Å². The smallest absolute Gasteiger partial charge is 0.161 e. The van der Waals surface area contributed by atoms with Crippen LogP contribution >= 0.6 is 0 Å². The van der Waals surface area contributed by atoms with Crippen LogP contribution in [0.2, 0.25) is 0 Å². The summed E-state index contributed by atoms with van der Waals surface area (Å²) in [5.41, 5.74) is 15.3. The summed E-state index contributed by atoms with van der Waals surface area (Å²) < 4.78 is 4.98. The quantitative estimate of drug-likeness (QED) is 0.167. The molecule has 0 aliphatic carbocycles. The molecule has 0 saturated heterocycles. The van der Waals surface area contributed by atoms with Gasteiger partial charge in [0.2, 0.25) is 0 Å². The summed E-state index contributed by atoms with van der Waals surface area (Å²) in [5, 5.41) is 13.1. The molecule has 15 rings (SSSR count). The molecule has 4 heteroatoms. The number of hydrogen-bond acceptors (Lipinski definition) is 2. The Balaban J connectivity index is 0.976. The lowest BCUT2D eigenvalue weighted by atomic mass is 9.94. The zero-order valence-corrected chi connectivity index (χ0v) is 39.0. The van der Waals surface area contributed by atoms with Gasteiger partial charge in [0.1, 0.15) is 0 Å². The summed E-state index contributed by atoms with van der Waals surface area (Å²) in [7, 11) is 0. The minimum absolute atomic E-state index is 0.687. The second-order valence-corrected chi connectivity index (χ2v) is 18.9. The first kappa shape index (κ1) is 40.3. The maximum Gasteiger partial charge on any atom is 0.161 e. The van der Waals surface area contributed by atoms with Gasteiger partial charge in [-0.25, -0.2) is 9.97 Å². The van der Waals surface area contributed by atoms with E-state index >= 15 is 0 Å². The van der Waals surface area contributed by atoms with Gasteiger partial charge in [-0.1, -0.05) is 188 Å². The number of benzene rings is 12. The average molecular weight is 915 g/mol. The van der Waals surface area contributed by atoms with Crippen molar-refractivity contribution in [1.29, 1.82) is 0 Å². The number of aromatic nitrogens is 4. The molecule has 0 saturated carbocycles. The van der Waals surface area contributed by atoms with Gasteiger partial charge in [-0.15, -0.1) is 0 Å². The fourth-order valence-electron chi connectivity index (χ4n) is 11.6. The van der Waals surface area contributed by atoms with Gasteiger partial charge in [-0.05, 0) is 116 Å². The Morgan fingerprint density at radius 2 is 0.819 bits per heavy atom. The van der Waals surface area contributed by atoms with Crippen LogP contribution in [0.15, 0.2) is 255 Å². The van der Waals surface area contributed by atoms with Gasteiger partial charge in [0.05, 0.1) is 44.7 Å². The highest BCUT2D eigenvalue weighted by Gasteiger charge is 2.23. The molecule has 3 aromatic heterocycles. The van der Waals surface area contributed by atoms with Crippen molar-refractivity contribution in [3.05, 3.63) is 255 Å². The molecular weight excluding hydrogens is 873 g/mol. The number of rotatable bonds is 6. The monoisotopic (exact) mass is 914 g/mol. The van der Waals surface area contributed by atoms with Crippen molar-refractivity contribution in [2.45, 2.75) is 0 Å². The minimum Gasteiger partial charge on any atom is -0.309 e. The van der Waals surface area contributed by atoms with Crippen LogP contribution in [-0.4, -0.2) is 19.1 Å². The molecule has 0 aliphatic heterocycles. The van der Waals surface area contributed by atoms with Crippen LogP contribution in [0.1, 0.15) is 0 Å². The molecule has 0 unspecified atom stereocenters. The summed E-state index contributed by atoms with van der Waals surface area (Å²) in [6.45, 7) is 0. The van der Waals surface area contributed by atoms with Crippen molar-refractivity contribution in [3.8, 4) is 56.3 Å². The molecule has 4 nitrogen and oxygen atoms in total. The van der Waals surface area contributed by atoms with E-state index in [1.54, 1.807) is 0 Å². The molecule has 334 valence electrons. The second kappa shape index (κ2) is 16.0. The summed E-state index contributed by atoms with van der Waals surface area (Å²) in [4.78, 5) is 10.9. The van der Waals surface area contributed by atoms with Gasteiger partial charge >= 0.3 is 0 Å². The maximum absolute atomic E-state index is 5.58. The third kappa shape index (κ3) is 6.19. The van der Waals surface area contributed by atoms with Crippen molar-refractivity contribution < 1.29 is 0 Å². The predicted molar refractivity (Wildman–Crippen MR) is 302 cm³/mol. The Bertz CT molecular complexity index is 4620. The third-order valence-corrected chi connectivity index (χ3v) is 14.8. The lowest BCUT2D eigenvalue weighted by Gasteiger charge is -2.16. The molecule has 3 heterocycles. The van der Waals surface area contributed by atoms with Crippen molar-refractivity contribution in [1.82, 2.24) is 19.1 Å². The van der Waals surface area contributed by atoms with Gasteiger partial charge in [-0.3, -0.25) is 0 Å². The Kier molecular flexibility index (Phi) is 8.92. The van der Waals surface area contributed by atoms with Crippen molar-refractivity contribution in [2.75, 3.05) is 0 Å². The van der Waals surface area contributed by atoms with E-state index in [1.807, 2.05) is 0 Å². The fourth-order valence-corrected chi connectivity index (χ4v) is 11.6. The lowest BCUT2D eigenvalue weighted by Crippen LogP contribution is -1.99. The average Bonchev–Trinajstić information content (AvgIpc) is 3.97. The SMILES string of the molecule is c1ccc(-c2cc(-c3ccccc3)cc(-c3nc(-c4cccc5c(-n6c7cc8ccccc8cc7c7c(-n8c9ccccc9c9c%10ccccc%10ccc98)cccc76)cccc45)nc4ccccc34)c2)cc1. The van der Waals surface area contributed by atoms with Crippen LogP contribution in [0.25, 0.3) is 143 Å². The Labute approximate surface area is 415 Å². The van der Waals surface area contributed by atoms with Gasteiger partial charge in [0.15, 0.2) is 5.82 Å². The van der Waals surface area contributed by atoms with E-state index in [0.717, 1.165) is 83.2 Å². The highest BCUT2D eigenvalue weighted by atomic mass is 15.0. The summed E-state index contributed by atoms with van der Waals surface area (Å²) in [6, 6.07) is 92.4. The molecule has 12 aromatic carbocycles. The van der Waals surface area contributed by atoms with Crippen LogP contribution in [0, 0.1) is 0 Å². The van der Waals surface area contributed by atoms with Crippen molar-refractivity contribution in [2.24, 2.45) is 0 Å². The Morgan fingerprint density at radius 3 is 1.61 bits per heavy atom. The highest BCUT2D eigenvalue weighted by Crippen LogP contribution is 2.45. The summed E-state index contributed by atoms with van der Waals surface area (Å²) >= 11 is 0. The molecule has 0 atom stereocenters. The first-order valence-corrected chi connectivity index (χ1v) is 24.6. The van der Waals surface area contributed by atoms with Crippen LogP contribution < -0.4 is 0 Å². The molecule has 0 spiro atoms. The van der Waals surface area contributed by atoms with E-state index in [2.05, 4.69) is 264 Å². The zero-order valence-electron chi connectivity index (χ0n) is 39.0. The summed E-state index contributed by atoms with van der Waals surface area (Å²) in [6.07, 6.45) is 0. The normalized spacial score (nSPS) is 11.9.